The molecule has 2 aromatic carbocycles. The van der Waals surface area contributed by atoms with Gasteiger partial charge in [-0.3, -0.25) is 4.79 Å². The summed E-state index contributed by atoms with van der Waals surface area (Å²) in [6.07, 6.45) is 0. The van der Waals surface area contributed by atoms with Crippen molar-refractivity contribution in [1.82, 2.24) is 15.0 Å². The minimum absolute atomic E-state index is 0.121. The predicted molar refractivity (Wildman–Crippen MR) is 96.6 cm³/mol. The van der Waals surface area contributed by atoms with Gasteiger partial charge in [-0.15, -0.1) is 5.10 Å². The van der Waals surface area contributed by atoms with Crippen LogP contribution < -0.4 is 14.8 Å². The van der Waals surface area contributed by atoms with Crippen LogP contribution in [0.2, 0.25) is 10.0 Å². The molecule has 132 valence electrons. The fourth-order valence-corrected chi connectivity index (χ4v) is 2.88. The van der Waals surface area contributed by atoms with E-state index in [1.54, 1.807) is 43.3 Å². The van der Waals surface area contributed by atoms with Crippen LogP contribution in [0.4, 0.5) is 5.69 Å². The second-order valence-corrected chi connectivity index (χ2v) is 6.39. The highest BCUT2D eigenvalue weighted by molar-refractivity contribution is 6.34. The molecular formula is C17H12Cl2N4O3. The van der Waals surface area contributed by atoms with Gasteiger partial charge in [0.05, 0.1) is 22.1 Å². The van der Waals surface area contributed by atoms with E-state index in [1.165, 1.54) is 4.80 Å². The molecule has 1 aliphatic heterocycles. The van der Waals surface area contributed by atoms with Crippen LogP contribution >= 0.6 is 23.2 Å². The van der Waals surface area contributed by atoms with Crippen LogP contribution in [-0.2, 0) is 0 Å². The summed E-state index contributed by atoms with van der Waals surface area (Å²) in [6, 6.07) is 10.2. The average molecular weight is 391 g/mol. The molecule has 3 aromatic rings. The molecule has 0 aliphatic carbocycles. The molecule has 0 fully saturated rings. The van der Waals surface area contributed by atoms with E-state index >= 15 is 0 Å². The van der Waals surface area contributed by atoms with Crippen molar-refractivity contribution in [2.24, 2.45) is 0 Å². The van der Waals surface area contributed by atoms with Crippen molar-refractivity contribution in [3.05, 3.63) is 57.8 Å². The molecule has 2 heterocycles. The summed E-state index contributed by atoms with van der Waals surface area (Å²) in [5.74, 6) is 0.622. The number of aryl methyl sites for hydroxylation is 1. The summed E-state index contributed by atoms with van der Waals surface area (Å²) in [5, 5.41) is 12.1. The van der Waals surface area contributed by atoms with Gasteiger partial charge in [0, 0.05) is 17.2 Å². The molecule has 26 heavy (non-hydrogen) atoms. The SMILES string of the molecule is Cc1nn(-c2cccc(Cl)c2)nc1C(=O)Nc1cc2c(cc1Cl)OCO2. The molecule has 0 radical (unpaired) electrons. The fraction of sp³-hybridized carbons (Fsp3) is 0.118. The maximum absolute atomic E-state index is 12.6. The van der Waals surface area contributed by atoms with Crippen LogP contribution in [0.5, 0.6) is 11.5 Å². The van der Waals surface area contributed by atoms with Crippen LogP contribution in [0.1, 0.15) is 16.2 Å². The Morgan fingerprint density at radius 2 is 1.92 bits per heavy atom. The van der Waals surface area contributed by atoms with Gasteiger partial charge in [0.1, 0.15) is 0 Å². The van der Waals surface area contributed by atoms with Crippen molar-refractivity contribution in [1.29, 1.82) is 0 Å². The smallest absolute Gasteiger partial charge is 0.278 e. The van der Waals surface area contributed by atoms with Crippen LogP contribution in [-0.4, -0.2) is 27.7 Å². The molecule has 0 saturated heterocycles. The highest BCUT2D eigenvalue weighted by Crippen LogP contribution is 2.39. The van der Waals surface area contributed by atoms with E-state index in [4.69, 9.17) is 32.7 Å². The van der Waals surface area contributed by atoms with E-state index in [0.29, 0.717) is 38.6 Å². The van der Waals surface area contributed by atoms with Gasteiger partial charge in [-0.1, -0.05) is 29.3 Å². The third-order valence-electron chi connectivity index (χ3n) is 3.75. The van der Waals surface area contributed by atoms with Crippen molar-refractivity contribution in [3.63, 3.8) is 0 Å². The molecule has 7 nitrogen and oxygen atoms in total. The van der Waals surface area contributed by atoms with E-state index < -0.39 is 5.91 Å². The third kappa shape index (κ3) is 3.07. The highest BCUT2D eigenvalue weighted by Gasteiger charge is 2.21. The largest absolute Gasteiger partial charge is 0.454 e. The first kappa shape index (κ1) is 16.7. The summed E-state index contributed by atoms with van der Waals surface area (Å²) in [6.45, 7) is 1.82. The van der Waals surface area contributed by atoms with Gasteiger partial charge >= 0.3 is 0 Å². The monoisotopic (exact) mass is 390 g/mol. The molecule has 9 heteroatoms. The second-order valence-electron chi connectivity index (χ2n) is 5.54. The number of benzene rings is 2. The molecule has 1 aliphatic rings. The molecule has 1 aromatic heterocycles. The van der Waals surface area contributed by atoms with Crippen molar-refractivity contribution in [3.8, 4) is 17.2 Å². The predicted octanol–water partition coefficient (Wildman–Crippen LogP) is 3.86. The zero-order valence-corrected chi connectivity index (χ0v) is 15.0. The number of anilines is 1. The molecule has 0 saturated carbocycles. The van der Waals surface area contributed by atoms with Gasteiger partial charge in [-0.25, -0.2) is 0 Å². The molecule has 1 amide bonds. The van der Waals surface area contributed by atoms with Gasteiger partial charge in [0.2, 0.25) is 6.79 Å². The molecule has 0 atom stereocenters. The number of fused-ring (bicyclic) bond motifs is 1. The number of hydrogen-bond acceptors (Lipinski definition) is 5. The van der Waals surface area contributed by atoms with E-state index in [-0.39, 0.29) is 12.5 Å². The quantitative estimate of drug-likeness (QED) is 0.734. The lowest BCUT2D eigenvalue weighted by molar-refractivity contribution is 0.102. The number of rotatable bonds is 3. The normalized spacial score (nSPS) is 12.3. The standard InChI is InChI=1S/C17H12Cl2N4O3/c1-9-16(22-23(21-9)11-4-2-3-10(18)5-11)17(24)20-13-7-15-14(6-12(13)19)25-8-26-15/h2-7H,8H2,1H3,(H,20,24). The fourth-order valence-electron chi connectivity index (χ4n) is 2.50. The van der Waals surface area contributed by atoms with Crippen molar-refractivity contribution in [2.75, 3.05) is 12.1 Å². The number of ether oxygens (including phenoxy) is 2. The van der Waals surface area contributed by atoms with E-state index in [2.05, 4.69) is 15.5 Å². The van der Waals surface area contributed by atoms with Crippen LogP contribution in [0.3, 0.4) is 0 Å². The maximum Gasteiger partial charge on any atom is 0.278 e. The summed E-state index contributed by atoms with van der Waals surface area (Å²) in [7, 11) is 0. The summed E-state index contributed by atoms with van der Waals surface area (Å²) >= 11 is 12.2. The third-order valence-corrected chi connectivity index (χ3v) is 4.29. The number of amides is 1. The number of nitrogens with zero attached hydrogens (tertiary/aromatic N) is 3. The maximum atomic E-state index is 12.6. The first-order valence-electron chi connectivity index (χ1n) is 7.61. The minimum atomic E-state index is -0.434. The number of aromatic nitrogens is 3. The zero-order chi connectivity index (χ0) is 18.3. The Balaban J connectivity index is 1.61. The lowest BCUT2D eigenvalue weighted by Gasteiger charge is -2.07. The van der Waals surface area contributed by atoms with Crippen molar-refractivity contribution in [2.45, 2.75) is 6.92 Å². The number of carbonyl (C=O) groups is 1. The van der Waals surface area contributed by atoms with Crippen molar-refractivity contribution < 1.29 is 14.3 Å². The first-order valence-corrected chi connectivity index (χ1v) is 8.37. The Kier molecular flexibility index (Phi) is 4.18. The number of hydrogen-bond donors (Lipinski definition) is 1. The first-order chi connectivity index (χ1) is 12.5. The lowest BCUT2D eigenvalue weighted by atomic mass is 10.2. The molecule has 4 rings (SSSR count). The minimum Gasteiger partial charge on any atom is -0.454 e. The molecule has 0 spiro atoms. The Hall–Kier alpha value is -2.77. The molecule has 0 bridgehead atoms. The topological polar surface area (TPSA) is 78.3 Å². The highest BCUT2D eigenvalue weighted by atomic mass is 35.5. The average Bonchev–Trinajstić information content (AvgIpc) is 3.21. The van der Waals surface area contributed by atoms with Gasteiger partial charge in [-0.2, -0.15) is 9.90 Å². The Morgan fingerprint density at radius 3 is 2.69 bits per heavy atom. The van der Waals surface area contributed by atoms with Gasteiger partial charge in [0.25, 0.3) is 5.91 Å². The van der Waals surface area contributed by atoms with E-state index in [9.17, 15) is 4.79 Å². The van der Waals surface area contributed by atoms with Gasteiger partial charge in [0.15, 0.2) is 17.2 Å². The molecule has 0 unspecified atom stereocenters. The number of halogens is 2. The second kappa shape index (κ2) is 6.51. The molecule has 1 N–H and O–H groups in total. The van der Waals surface area contributed by atoms with Gasteiger partial charge < -0.3 is 14.8 Å². The van der Waals surface area contributed by atoms with E-state index in [0.717, 1.165) is 0 Å². The molecular weight excluding hydrogens is 379 g/mol. The van der Waals surface area contributed by atoms with Crippen LogP contribution in [0.15, 0.2) is 36.4 Å². The van der Waals surface area contributed by atoms with Crippen LogP contribution in [0.25, 0.3) is 5.69 Å². The van der Waals surface area contributed by atoms with Crippen LogP contribution in [0, 0.1) is 6.92 Å². The Morgan fingerprint density at radius 1 is 1.15 bits per heavy atom. The summed E-state index contributed by atoms with van der Waals surface area (Å²) in [4.78, 5) is 14.0. The van der Waals surface area contributed by atoms with Gasteiger partial charge in [-0.05, 0) is 25.1 Å². The Bertz CT molecular complexity index is 1020. The summed E-state index contributed by atoms with van der Waals surface area (Å²) < 4.78 is 10.6. The summed E-state index contributed by atoms with van der Waals surface area (Å²) in [5.41, 5.74) is 1.71. The number of nitrogens with one attached hydrogen (secondary N) is 1. The zero-order valence-electron chi connectivity index (χ0n) is 13.5. The Labute approximate surface area is 158 Å². The van der Waals surface area contributed by atoms with Crippen molar-refractivity contribution >= 4 is 34.8 Å². The van der Waals surface area contributed by atoms with E-state index in [1.807, 2.05) is 0 Å². The number of carbonyl (C=O) groups excluding carboxylic acids is 1. The lowest BCUT2D eigenvalue weighted by Crippen LogP contribution is -2.14.